The fourth-order valence-electron chi connectivity index (χ4n) is 3.40. The fraction of sp³-hybridized carbons (Fsp3) is 0.381. The summed E-state index contributed by atoms with van der Waals surface area (Å²) in [4.78, 5) is 12.9. The maximum atomic E-state index is 12.9. The van der Waals surface area contributed by atoms with Crippen LogP contribution >= 0.6 is 0 Å². The molecule has 0 radical (unpaired) electrons. The van der Waals surface area contributed by atoms with Crippen LogP contribution in [0.25, 0.3) is 0 Å². The van der Waals surface area contributed by atoms with Gasteiger partial charge < -0.3 is 5.32 Å². The van der Waals surface area contributed by atoms with Gasteiger partial charge in [0.1, 0.15) is 0 Å². The molecule has 1 saturated heterocycles. The highest BCUT2D eigenvalue weighted by Gasteiger charge is 2.26. The number of hydrogen-bond donors (Lipinski definition) is 1. The molecule has 0 saturated carbocycles. The lowest BCUT2D eigenvalue weighted by molar-refractivity contribution is 0.0935. The molecule has 5 nitrogen and oxygen atoms in total. The van der Waals surface area contributed by atoms with Crippen LogP contribution in [-0.2, 0) is 10.0 Å². The number of carbonyl (C=O) groups excluding carboxylic acids is 1. The molecule has 1 fully saturated rings. The number of amides is 1. The van der Waals surface area contributed by atoms with Gasteiger partial charge in [0.25, 0.3) is 5.91 Å². The summed E-state index contributed by atoms with van der Waals surface area (Å²) < 4.78 is 27.2. The Morgan fingerprint density at radius 3 is 2.41 bits per heavy atom. The number of nitrogens with one attached hydrogen (secondary N) is 1. The van der Waals surface area contributed by atoms with E-state index in [-0.39, 0.29) is 16.8 Å². The molecule has 1 heterocycles. The Balaban J connectivity index is 1.79. The summed E-state index contributed by atoms with van der Waals surface area (Å²) in [6.45, 7) is 3.10. The van der Waals surface area contributed by atoms with Gasteiger partial charge in [-0.1, -0.05) is 49.7 Å². The fourth-order valence-corrected chi connectivity index (χ4v) is 4.96. The maximum absolute atomic E-state index is 12.9. The molecule has 1 atom stereocenters. The largest absolute Gasteiger partial charge is 0.345 e. The molecule has 1 aliphatic rings. The van der Waals surface area contributed by atoms with Crippen LogP contribution in [0.1, 0.15) is 54.6 Å². The zero-order chi connectivity index (χ0) is 19.3. The zero-order valence-electron chi connectivity index (χ0n) is 15.6. The molecular formula is C21H26N2O3S. The Morgan fingerprint density at radius 2 is 1.74 bits per heavy atom. The molecule has 27 heavy (non-hydrogen) atoms. The minimum Gasteiger partial charge on any atom is -0.345 e. The van der Waals surface area contributed by atoms with Crippen LogP contribution in [0.15, 0.2) is 59.5 Å². The number of piperidine rings is 1. The summed E-state index contributed by atoms with van der Waals surface area (Å²) in [5.41, 5.74) is 1.40. The second kappa shape index (κ2) is 8.67. The van der Waals surface area contributed by atoms with Crippen molar-refractivity contribution in [1.29, 1.82) is 0 Å². The van der Waals surface area contributed by atoms with Crippen molar-refractivity contribution in [1.82, 2.24) is 9.62 Å². The van der Waals surface area contributed by atoms with E-state index in [1.807, 2.05) is 37.3 Å². The van der Waals surface area contributed by atoms with E-state index in [1.54, 1.807) is 18.2 Å². The Kier molecular flexibility index (Phi) is 6.29. The van der Waals surface area contributed by atoms with E-state index in [9.17, 15) is 13.2 Å². The van der Waals surface area contributed by atoms with E-state index in [0.717, 1.165) is 31.2 Å². The van der Waals surface area contributed by atoms with Gasteiger partial charge in [-0.25, -0.2) is 8.42 Å². The standard InChI is InChI=1S/C21H26N2O3S/c1-2-20(17-10-5-3-6-11-17)22-21(24)18-12-9-13-19(16-18)27(25,26)23-14-7-4-8-15-23/h3,5-6,9-13,16,20H,2,4,7-8,14-15H2,1H3,(H,22,24). The van der Waals surface area contributed by atoms with Crippen LogP contribution in [0.3, 0.4) is 0 Å². The van der Waals surface area contributed by atoms with Crippen molar-refractivity contribution in [2.24, 2.45) is 0 Å². The minimum atomic E-state index is -3.55. The highest BCUT2D eigenvalue weighted by atomic mass is 32.2. The predicted octanol–water partition coefficient (Wildman–Crippen LogP) is 3.74. The Morgan fingerprint density at radius 1 is 1.04 bits per heavy atom. The van der Waals surface area contributed by atoms with Crippen LogP contribution in [0.5, 0.6) is 0 Å². The monoisotopic (exact) mass is 386 g/mol. The van der Waals surface area contributed by atoms with E-state index in [2.05, 4.69) is 5.32 Å². The van der Waals surface area contributed by atoms with E-state index < -0.39 is 10.0 Å². The first-order valence-electron chi connectivity index (χ1n) is 9.48. The summed E-state index contributed by atoms with van der Waals surface area (Å²) in [7, 11) is -3.55. The van der Waals surface area contributed by atoms with Gasteiger partial charge >= 0.3 is 0 Å². The van der Waals surface area contributed by atoms with Crippen molar-refractivity contribution < 1.29 is 13.2 Å². The maximum Gasteiger partial charge on any atom is 0.251 e. The number of carbonyl (C=O) groups is 1. The van der Waals surface area contributed by atoms with Gasteiger partial charge in [0.15, 0.2) is 0 Å². The third-order valence-electron chi connectivity index (χ3n) is 4.96. The normalized spacial score (nSPS) is 16.6. The van der Waals surface area contributed by atoms with Crippen molar-refractivity contribution in [2.75, 3.05) is 13.1 Å². The number of rotatable bonds is 6. The van der Waals surface area contributed by atoms with Crippen LogP contribution in [0.4, 0.5) is 0 Å². The molecule has 1 aliphatic heterocycles. The van der Waals surface area contributed by atoms with E-state index in [1.165, 1.54) is 10.4 Å². The lowest BCUT2D eigenvalue weighted by Gasteiger charge is -2.26. The second-order valence-electron chi connectivity index (χ2n) is 6.84. The molecule has 0 aliphatic carbocycles. The van der Waals surface area contributed by atoms with Crippen LogP contribution in [0, 0.1) is 0 Å². The molecule has 0 spiro atoms. The second-order valence-corrected chi connectivity index (χ2v) is 8.78. The van der Waals surface area contributed by atoms with Crippen molar-refractivity contribution in [3.63, 3.8) is 0 Å². The predicted molar refractivity (Wildman–Crippen MR) is 106 cm³/mol. The Bertz CT molecular complexity index is 875. The number of sulfonamides is 1. The average molecular weight is 387 g/mol. The molecule has 2 aromatic rings. The summed E-state index contributed by atoms with van der Waals surface area (Å²) in [6.07, 6.45) is 3.58. The Labute approximate surface area is 161 Å². The number of nitrogens with zero attached hydrogens (tertiary/aromatic N) is 1. The zero-order valence-corrected chi connectivity index (χ0v) is 16.4. The molecule has 1 N–H and O–H groups in total. The molecule has 0 aromatic heterocycles. The Hall–Kier alpha value is -2.18. The summed E-state index contributed by atoms with van der Waals surface area (Å²) >= 11 is 0. The quantitative estimate of drug-likeness (QED) is 0.822. The molecule has 3 rings (SSSR count). The number of benzene rings is 2. The molecule has 1 amide bonds. The van der Waals surface area contributed by atoms with Gasteiger partial charge in [0, 0.05) is 18.7 Å². The highest BCUT2D eigenvalue weighted by molar-refractivity contribution is 7.89. The van der Waals surface area contributed by atoms with Crippen molar-refractivity contribution in [3.05, 3.63) is 65.7 Å². The lowest BCUT2D eigenvalue weighted by atomic mass is 10.0. The van der Waals surface area contributed by atoms with Crippen molar-refractivity contribution >= 4 is 15.9 Å². The van der Waals surface area contributed by atoms with Crippen molar-refractivity contribution in [3.8, 4) is 0 Å². The molecule has 6 heteroatoms. The van der Waals surface area contributed by atoms with E-state index in [4.69, 9.17) is 0 Å². The molecule has 2 aromatic carbocycles. The van der Waals surface area contributed by atoms with Gasteiger partial charge in [-0.2, -0.15) is 4.31 Å². The van der Waals surface area contributed by atoms with E-state index >= 15 is 0 Å². The topological polar surface area (TPSA) is 66.5 Å². The highest BCUT2D eigenvalue weighted by Crippen LogP contribution is 2.22. The summed E-state index contributed by atoms with van der Waals surface area (Å²) in [6, 6.07) is 16.0. The first kappa shape index (κ1) is 19.6. The summed E-state index contributed by atoms with van der Waals surface area (Å²) in [5, 5.41) is 3.01. The first-order chi connectivity index (χ1) is 13.0. The number of hydrogen-bond acceptors (Lipinski definition) is 3. The third-order valence-corrected chi connectivity index (χ3v) is 6.86. The van der Waals surface area contributed by atoms with E-state index in [0.29, 0.717) is 18.7 Å². The SMILES string of the molecule is CCC(NC(=O)c1cccc(S(=O)(=O)N2CCCCC2)c1)c1ccccc1. The lowest BCUT2D eigenvalue weighted by Crippen LogP contribution is -2.35. The van der Waals surface area contributed by atoms with Gasteiger partial charge in [0.2, 0.25) is 10.0 Å². The molecule has 1 unspecified atom stereocenters. The van der Waals surface area contributed by atoms with Gasteiger partial charge in [0.05, 0.1) is 10.9 Å². The van der Waals surface area contributed by atoms with Crippen LogP contribution in [-0.4, -0.2) is 31.7 Å². The van der Waals surface area contributed by atoms with Crippen molar-refractivity contribution in [2.45, 2.75) is 43.5 Å². The van der Waals surface area contributed by atoms with Crippen LogP contribution in [0.2, 0.25) is 0 Å². The smallest absolute Gasteiger partial charge is 0.251 e. The van der Waals surface area contributed by atoms with Gasteiger partial charge in [-0.05, 0) is 43.0 Å². The molecule has 0 bridgehead atoms. The van der Waals surface area contributed by atoms with Crippen LogP contribution < -0.4 is 5.32 Å². The van der Waals surface area contributed by atoms with Gasteiger partial charge in [-0.15, -0.1) is 0 Å². The summed E-state index contributed by atoms with van der Waals surface area (Å²) in [5.74, 6) is -0.263. The molecule has 144 valence electrons. The minimum absolute atomic E-state index is 0.110. The molecular weight excluding hydrogens is 360 g/mol. The average Bonchev–Trinajstić information content (AvgIpc) is 2.73. The third kappa shape index (κ3) is 4.57. The first-order valence-corrected chi connectivity index (χ1v) is 10.9. The van der Waals surface area contributed by atoms with Gasteiger partial charge in [-0.3, -0.25) is 4.79 Å².